The zero-order chi connectivity index (χ0) is 25.2. The molecule has 2 atom stereocenters. The molecule has 1 aliphatic heterocycles. The highest BCUT2D eigenvalue weighted by Crippen LogP contribution is 2.46. The van der Waals surface area contributed by atoms with E-state index in [-0.39, 0.29) is 12.1 Å². The van der Waals surface area contributed by atoms with Crippen LogP contribution in [-0.4, -0.2) is 33.9 Å². The molecule has 1 N–H and O–H groups in total. The maximum Gasteiger partial charge on any atom is 0.174 e. The zero-order valence-corrected chi connectivity index (χ0v) is 21.6. The van der Waals surface area contributed by atoms with Gasteiger partial charge in [-0.25, -0.2) is 0 Å². The van der Waals surface area contributed by atoms with Gasteiger partial charge in [-0.1, -0.05) is 6.07 Å². The van der Waals surface area contributed by atoms with Crippen LogP contribution in [0.2, 0.25) is 0 Å². The van der Waals surface area contributed by atoms with Gasteiger partial charge in [-0.3, -0.25) is 9.97 Å². The van der Waals surface area contributed by atoms with Crippen molar-refractivity contribution in [2.45, 2.75) is 32.5 Å². The Hall–Kier alpha value is -3.91. The van der Waals surface area contributed by atoms with Crippen molar-refractivity contribution in [3.63, 3.8) is 0 Å². The highest BCUT2D eigenvalue weighted by atomic mass is 32.1. The van der Waals surface area contributed by atoms with Crippen molar-refractivity contribution in [3.8, 4) is 11.5 Å². The number of benzene rings is 1. The Labute approximate surface area is 216 Å². The Kier molecular flexibility index (Phi) is 6.61. The second-order valence-electron chi connectivity index (χ2n) is 8.80. The number of pyridine rings is 2. The largest absolute Gasteiger partial charge is 0.497 e. The van der Waals surface area contributed by atoms with Gasteiger partial charge in [0.2, 0.25) is 0 Å². The number of thiocarbonyl (C=S) groups is 1. The Balaban J connectivity index is 1.65. The molecule has 1 fully saturated rings. The summed E-state index contributed by atoms with van der Waals surface area (Å²) in [7, 11) is 3.31. The molecule has 0 saturated carbocycles. The average molecular weight is 500 g/mol. The normalized spacial score (nSPS) is 17.2. The number of methoxy groups -OCH3 is 2. The number of anilines is 1. The maximum absolute atomic E-state index is 5.92. The summed E-state index contributed by atoms with van der Waals surface area (Å²) in [6, 6.07) is 17.9. The fourth-order valence-corrected chi connectivity index (χ4v) is 5.29. The molecule has 4 aromatic rings. The third-order valence-corrected chi connectivity index (χ3v) is 7.08. The number of nitrogens with zero attached hydrogens (tertiary/aromatic N) is 4. The molecule has 1 saturated heterocycles. The summed E-state index contributed by atoms with van der Waals surface area (Å²) in [4.78, 5) is 11.0. The first-order valence-electron chi connectivity index (χ1n) is 11.8. The van der Waals surface area contributed by atoms with E-state index in [1.54, 1.807) is 14.2 Å². The van der Waals surface area contributed by atoms with Crippen LogP contribution >= 0.6 is 12.2 Å². The van der Waals surface area contributed by atoms with Crippen LogP contribution in [0.3, 0.4) is 0 Å². The molecule has 0 bridgehead atoms. The lowest BCUT2D eigenvalue weighted by Crippen LogP contribution is -2.30. The highest BCUT2D eigenvalue weighted by molar-refractivity contribution is 7.80. The molecular weight excluding hydrogens is 470 g/mol. The molecule has 0 radical (unpaired) electrons. The van der Waals surface area contributed by atoms with Crippen molar-refractivity contribution in [3.05, 3.63) is 101 Å². The monoisotopic (exact) mass is 499 g/mol. The summed E-state index contributed by atoms with van der Waals surface area (Å²) in [6.07, 6.45) is 5.48. The third-order valence-electron chi connectivity index (χ3n) is 6.77. The van der Waals surface area contributed by atoms with Crippen molar-refractivity contribution in [1.82, 2.24) is 19.9 Å². The molecule has 36 heavy (non-hydrogen) atoms. The van der Waals surface area contributed by atoms with Crippen molar-refractivity contribution in [2.75, 3.05) is 19.1 Å². The molecule has 8 heteroatoms. The Morgan fingerprint density at radius 2 is 1.78 bits per heavy atom. The SMILES string of the molecule is COc1ccc(N2C(=S)N[C@H](c3ccccn3)[C@@H]2c2cc(C)n(Cc3ccncc3)c2C)c(OC)c1. The molecule has 5 rings (SSSR count). The average Bonchev–Trinajstić information content (AvgIpc) is 3.40. The first kappa shape index (κ1) is 23.8. The summed E-state index contributed by atoms with van der Waals surface area (Å²) in [5.74, 6) is 1.41. The van der Waals surface area contributed by atoms with Crippen LogP contribution in [-0.2, 0) is 6.54 Å². The van der Waals surface area contributed by atoms with Crippen LogP contribution in [0.25, 0.3) is 0 Å². The van der Waals surface area contributed by atoms with Gasteiger partial charge in [-0.2, -0.15) is 0 Å². The van der Waals surface area contributed by atoms with E-state index in [0.29, 0.717) is 10.9 Å². The number of hydrogen-bond acceptors (Lipinski definition) is 5. The van der Waals surface area contributed by atoms with E-state index in [9.17, 15) is 0 Å². The predicted molar refractivity (Wildman–Crippen MR) is 145 cm³/mol. The Morgan fingerprint density at radius 1 is 0.972 bits per heavy atom. The summed E-state index contributed by atoms with van der Waals surface area (Å²) >= 11 is 5.92. The first-order valence-corrected chi connectivity index (χ1v) is 12.2. The minimum atomic E-state index is -0.139. The van der Waals surface area contributed by atoms with Crippen molar-refractivity contribution in [2.24, 2.45) is 0 Å². The van der Waals surface area contributed by atoms with Gasteiger partial charge >= 0.3 is 0 Å². The van der Waals surface area contributed by atoms with Crippen molar-refractivity contribution < 1.29 is 9.47 Å². The Bertz CT molecular complexity index is 1370. The number of nitrogens with one attached hydrogen (secondary N) is 1. The van der Waals surface area contributed by atoms with E-state index in [2.05, 4.69) is 56.8 Å². The van der Waals surface area contributed by atoms with Gasteiger partial charge in [0.05, 0.1) is 37.7 Å². The standard InChI is InChI=1S/C28H29N5O2S/c1-18-15-22(19(2)32(18)17-20-10-13-29-14-11-20)27-26(23-7-5-6-12-30-23)31-28(36)33(27)24-9-8-21(34-3)16-25(24)35-4/h5-16,26-27H,17H2,1-4H3,(H,31,36)/t26-,27+/m1/s1. The molecule has 1 aromatic carbocycles. The third kappa shape index (κ3) is 4.28. The number of hydrogen-bond donors (Lipinski definition) is 1. The number of rotatable bonds is 7. The van der Waals surface area contributed by atoms with E-state index in [1.807, 2.05) is 55.0 Å². The fourth-order valence-electron chi connectivity index (χ4n) is 4.96. The van der Waals surface area contributed by atoms with E-state index in [1.165, 1.54) is 22.5 Å². The lowest BCUT2D eigenvalue weighted by molar-refractivity contribution is 0.394. The summed E-state index contributed by atoms with van der Waals surface area (Å²) in [6.45, 7) is 5.08. The smallest absolute Gasteiger partial charge is 0.174 e. The molecule has 7 nitrogen and oxygen atoms in total. The molecule has 1 aliphatic rings. The van der Waals surface area contributed by atoms with Crippen LogP contribution < -0.4 is 19.7 Å². The molecule has 4 heterocycles. The number of ether oxygens (including phenoxy) is 2. The Morgan fingerprint density at radius 3 is 2.47 bits per heavy atom. The topological polar surface area (TPSA) is 64.4 Å². The molecule has 184 valence electrons. The number of aromatic nitrogens is 3. The van der Waals surface area contributed by atoms with Crippen LogP contribution in [0.4, 0.5) is 5.69 Å². The van der Waals surface area contributed by atoms with Gasteiger partial charge in [0.1, 0.15) is 11.5 Å². The zero-order valence-electron chi connectivity index (χ0n) is 20.8. The van der Waals surface area contributed by atoms with E-state index in [4.69, 9.17) is 21.7 Å². The molecule has 3 aromatic heterocycles. The minimum absolute atomic E-state index is 0.132. The van der Waals surface area contributed by atoms with Gasteiger partial charge in [0, 0.05) is 42.6 Å². The second-order valence-corrected chi connectivity index (χ2v) is 9.19. The van der Waals surface area contributed by atoms with Crippen LogP contribution in [0.15, 0.2) is 73.2 Å². The highest BCUT2D eigenvalue weighted by Gasteiger charge is 2.43. The first-order chi connectivity index (χ1) is 17.5. The quantitative estimate of drug-likeness (QED) is 0.353. The molecule has 0 spiro atoms. The summed E-state index contributed by atoms with van der Waals surface area (Å²) < 4.78 is 13.5. The van der Waals surface area contributed by atoms with Gasteiger partial charge in [-0.15, -0.1) is 0 Å². The number of aryl methyl sites for hydroxylation is 1. The van der Waals surface area contributed by atoms with Crippen LogP contribution in [0.5, 0.6) is 11.5 Å². The van der Waals surface area contributed by atoms with Gasteiger partial charge in [0.25, 0.3) is 0 Å². The molecular formula is C28H29N5O2S. The van der Waals surface area contributed by atoms with E-state index < -0.39 is 0 Å². The van der Waals surface area contributed by atoms with Crippen molar-refractivity contribution >= 4 is 23.0 Å². The lowest BCUT2D eigenvalue weighted by atomic mass is 9.96. The minimum Gasteiger partial charge on any atom is -0.497 e. The van der Waals surface area contributed by atoms with Crippen LogP contribution in [0, 0.1) is 13.8 Å². The summed E-state index contributed by atoms with van der Waals surface area (Å²) in [5.41, 5.74) is 6.55. The summed E-state index contributed by atoms with van der Waals surface area (Å²) in [5, 5.41) is 4.17. The second kappa shape index (κ2) is 9.99. The van der Waals surface area contributed by atoms with Crippen LogP contribution in [0.1, 0.15) is 40.3 Å². The lowest BCUT2D eigenvalue weighted by Gasteiger charge is -2.29. The fraction of sp³-hybridized carbons (Fsp3) is 0.250. The molecule has 0 amide bonds. The maximum atomic E-state index is 5.92. The molecule has 0 unspecified atom stereocenters. The van der Waals surface area contributed by atoms with E-state index in [0.717, 1.165) is 23.7 Å². The van der Waals surface area contributed by atoms with Crippen molar-refractivity contribution in [1.29, 1.82) is 0 Å². The predicted octanol–water partition coefficient (Wildman–Crippen LogP) is 5.14. The molecule has 0 aliphatic carbocycles. The van der Waals surface area contributed by atoms with Gasteiger partial charge < -0.3 is 24.3 Å². The van der Waals surface area contributed by atoms with E-state index >= 15 is 0 Å². The van der Waals surface area contributed by atoms with Gasteiger partial charge in [0.15, 0.2) is 5.11 Å². The van der Waals surface area contributed by atoms with Gasteiger partial charge in [-0.05, 0) is 79.7 Å².